The van der Waals surface area contributed by atoms with E-state index in [-0.39, 0.29) is 24.5 Å². The van der Waals surface area contributed by atoms with Crippen LogP contribution in [0.1, 0.15) is 56.4 Å². The highest BCUT2D eigenvalue weighted by atomic mass is 35.5. The van der Waals surface area contributed by atoms with Gasteiger partial charge in [0, 0.05) is 47.8 Å². The molecule has 4 rings (SSSR count). The van der Waals surface area contributed by atoms with Crippen molar-refractivity contribution in [2.24, 2.45) is 0 Å². The Bertz CT molecular complexity index is 975. The van der Waals surface area contributed by atoms with Crippen LogP contribution in [0.4, 0.5) is 0 Å². The summed E-state index contributed by atoms with van der Waals surface area (Å²) in [5, 5.41) is 9.87. The van der Waals surface area contributed by atoms with Crippen LogP contribution in [-0.2, 0) is 14.4 Å². The fourth-order valence-corrected chi connectivity index (χ4v) is 5.63. The third-order valence-electron chi connectivity index (χ3n) is 6.19. The quantitative estimate of drug-likeness (QED) is 0.668. The molecule has 1 aromatic carbocycles. The lowest BCUT2D eigenvalue weighted by Gasteiger charge is -2.44. The Morgan fingerprint density at radius 2 is 1.55 bits per heavy atom. The minimum Gasteiger partial charge on any atom is -0.494 e. The number of allylic oxidation sites excluding steroid dienone is 4. The van der Waals surface area contributed by atoms with E-state index in [1.165, 1.54) is 7.11 Å². The Morgan fingerprint density at radius 3 is 2.00 bits per heavy atom. The summed E-state index contributed by atoms with van der Waals surface area (Å²) in [6, 6.07) is 3.42. The van der Waals surface area contributed by atoms with Gasteiger partial charge in [-0.25, -0.2) is 0 Å². The summed E-state index contributed by atoms with van der Waals surface area (Å²) in [5.74, 6) is -1.14. The molecule has 0 unspecified atom stereocenters. The van der Waals surface area contributed by atoms with E-state index in [1.807, 2.05) is 4.90 Å². The van der Waals surface area contributed by atoms with Crippen molar-refractivity contribution in [2.45, 2.75) is 50.9 Å². The summed E-state index contributed by atoms with van der Waals surface area (Å²) >= 11 is 12.8. The van der Waals surface area contributed by atoms with Crippen LogP contribution in [-0.4, -0.2) is 41.2 Å². The first-order valence-corrected chi connectivity index (χ1v) is 11.1. The highest BCUT2D eigenvalue weighted by molar-refractivity contribution is 6.37. The van der Waals surface area contributed by atoms with Crippen molar-refractivity contribution in [3.05, 3.63) is 50.3 Å². The molecule has 0 amide bonds. The van der Waals surface area contributed by atoms with Gasteiger partial charge in [0.25, 0.3) is 0 Å². The van der Waals surface area contributed by atoms with Gasteiger partial charge < -0.3 is 14.7 Å². The maximum atomic E-state index is 13.1. The molecule has 2 aliphatic carbocycles. The van der Waals surface area contributed by atoms with Gasteiger partial charge in [0.1, 0.15) is 0 Å². The normalized spacial score (nSPS) is 19.5. The number of hydrogen-bond acceptors (Lipinski definition) is 5. The summed E-state index contributed by atoms with van der Waals surface area (Å²) in [7, 11) is 1.48. The Balaban J connectivity index is 1.93. The van der Waals surface area contributed by atoms with Crippen molar-refractivity contribution in [1.29, 1.82) is 0 Å². The van der Waals surface area contributed by atoms with E-state index in [0.717, 1.165) is 11.4 Å². The number of ether oxygens (including phenoxy) is 1. The largest absolute Gasteiger partial charge is 0.494 e. The summed E-state index contributed by atoms with van der Waals surface area (Å²) in [6.45, 7) is 0.240. The van der Waals surface area contributed by atoms with Gasteiger partial charge in [-0.05, 0) is 43.4 Å². The number of aliphatic carboxylic acids is 1. The molecule has 8 heteroatoms. The van der Waals surface area contributed by atoms with Crippen molar-refractivity contribution in [3.8, 4) is 5.75 Å². The Morgan fingerprint density at radius 1 is 1.03 bits per heavy atom. The van der Waals surface area contributed by atoms with Gasteiger partial charge in [-0.3, -0.25) is 14.4 Å². The van der Waals surface area contributed by atoms with Crippen molar-refractivity contribution < 1.29 is 24.2 Å². The molecule has 0 saturated carbocycles. The van der Waals surface area contributed by atoms with Crippen LogP contribution in [0.3, 0.4) is 0 Å². The van der Waals surface area contributed by atoms with E-state index in [1.54, 1.807) is 12.1 Å². The van der Waals surface area contributed by atoms with Gasteiger partial charge in [-0.1, -0.05) is 23.2 Å². The van der Waals surface area contributed by atoms with Gasteiger partial charge in [0.15, 0.2) is 17.3 Å². The number of nitrogens with zero attached hydrogens (tertiary/aromatic N) is 1. The predicted octanol–water partition coefficient (Wildman–Crippen LogP) is 4.89. The van der Waals surface area contributed by atoms with Gasteiger partial charge in [-0.2, -0.15) is 0 Å². The van der Waals surface area contributed by atoms with E-state index < -0.39 is 11.9 Å². The molecule has 0 bridgehead atoms. The number of hydrogen-bond donors (Lipinski definition) is 1. The van der Waals surface area contributed by atoms with Crippen molar-refractivity contribution >= 4 is 40.7 Å². The van der Waals surface area contributed by atoms with Crippen LogP contribution in [0.5, 0.6) is 5.75 Å². The summed E-state index contributed by atoms with van der Waals surface area (Å²) < 4.78 is 5.26. The first-order chi connectivity index (χ1) is 14.8. The van der Waals surface area contributed by atoms with E-state index >= 15 is 0 Å². The van der Waals surface area contributed by atoms with Crippen LogP contribution in [0.15, 0.2) is 34.7 Å². The highest BCUT2D eigenvalue weighted by Gasteiger charge is 2.43. The van der Waals surface area contributed by atoms with Gasteiger partial charge in [-0.15, -0.1) is 0 Å². The molecule has 1 heterocycles. The third kappa shape index (κ3) is 3.87. The maximum Gasteiger partial charge on any atom is 0.305 e. The molecule has 1 aromatic rings. The van der Waals surface area contributed by atoms with Crippen molar-refractivity contribution in [3.63, 3.8) is 0 Å². The minimum atomic E-state index is -0.913. The number of rotatable bonds is 5. The molecule has 3 aliphatic rings. The molecule has 0 aromatic heterocycles. The van der Waals surface area contributed by atoms with Crippen molar-refractivity contribution in [1.82, 2.24) is 4.90 Å². The monoisotopic (exact) mass is 463 g/mol. The van der Waals surface area contributed by atoms with E-state index in [9.17, 15) is 19.5 Å². The Hall–Kier alpha value is -2.31. The number of halogens is 2. The molecule has 0 saturated heterocycles. The molecular formula is C23H23Cl2NO5. The summed E-state index contributed by atoms with van der Waals surface area (Å²) in [5.41, 5.74) is 3.49. The Kier molecular flexibility index (Phi) is 6.13. The molecule has 0 atom stereocenters. The van der Waals surface area contributed by atoms with Crippen LogP contribution in [0.25, 0.3) is 0 Å². The van der Waals surface area contributed by atoms with E-state index in [0.29, 0.717) is 71.0 Å². The lowest BCUT2D eigenvalue weighted by molar-refractivity contribution is -0.137. The number of carbonyl (C=O) groups excluding carboxylic acids is 2. The second kappa shape index (κ2) is 8.67. The van der Waals surface area contributed by atoms with Crippen LogP contribution in [0.2, 0.25) is 10.0 Å². The van der Waals surface area contributed by atoms with Crippen LogP contribution >= 0.6 is 23.2 Å². The number of carboxylic acid groups (broad SMARTS) is 1. The number of benzene rings is 1. The zero-order valence-corrected chi connectivity index (χ0v) is 18.7. The molecule has 0 radical (unpaired) electrons. The topological polar surface area (TPSA) is 83.9 Å². The second-order valence-corrected chi connectivity index (χ2v) is 8.83. The Labute approximate surface area is 190 Å². The maximum absolute atomic E-state index is 13.1. The molecule has 164 valence electrons. The first-order valence-electron chi connectivity index (χ1n) is 10.4. The third-order valence-corrected chi connectivity index (χ3v) is 6.76. The number of methoxy groups -OCH3 is 1. The lowest BCUT2D eigenvalue weighted by Crippen LogP contribution is -2.39. The zero-order valence-electron chi connectivity index (χ0n) is 17.2. The van der Waals surface area contributed by atoms with E-state index in [4.69, 9.17) is 27.9 Å². The number of ketones is 2. The predicted molar refractivity (Wildman–Crippen MR) is 116 cm³/mol. The molecular weight excluding hydrogens is 441 g/mol. The fourth-order valence-electron chi connectivity index (χ4n) is 4.97. The second-order valence-electron chi connectivity index (χ2n) is 8.02. The van der Waals surface area contributed by atoms with Gasteiger partial charge in [0.05, 0.1) is 23.6 Å². The number of carboxylic acids is 1. The van der Waals surface area contributed by atoms with Crippen LogP contribution < -0.4 is 4.74 Å². The first kappa shape index (κ1) is 21.9. The lowest BCUT2D eigenvalue weighted by atomic mass is 9.71. The van der Waals surface area contributed by atoms with Gasteiger partial charge >= 0.3 is 5.97 Å². The standard InChI is InChI=1S/C23H23Cl2NO5/c1-31-23-13(24)10-12(11-14(23)25)20-21-15(4-2-6-17(21)27)26(9-8-19(29)30)16-5-3-7-18(28)22(16)20/h10-11,20H,2-9H2,1H3,(H,29,30). The SMILES string of the molecule is COc1c(Cl)cc(C2C3=C(CCCC3=O)N(CCC(=O)O)C3=C2C(=O)CCC3)cc1Cl. The molecule has 31 heavy (non-hydrogen) atoms. The zero-order chi connectivity index (χ0) is 22.3. The average molecular weight is 464 g/mol. The molecule has 1 aliphatic heterocycles. The van der Waals surface area contributed by atoms with E-state index in [2.05, 4.69) is 0 Å². The van der Waals surface area contributed by atoms with Crippen molar-refractivity contribution in [2.75, 3.05) is 13.7 Å². The summed E-state index contributed by atoms with van der Waals surface area (Å²) in [4.78, 5) is 39.5. The smallest absolute Gasteiger partial charge is 0.305 e. The number of Topliss-reactive ketones (excluding diaryl/α,β-unsaturated/α-hetero) is 2. The molecule has 0 fully saturated rings. The fraction of sp³-hybridized carbons (Fsp3) is 0.435. The van der Waals surface area contributed by atoms with Crippen LogP contribution in [0, 0.1) is 0 Å². The molecule has 1 N–H and O–H groups in total. The molecule has 6 nitrogen and oxygen atoms in total. The summed E-state index contributed by atoms with van der Waals surface area (Å²) in [6.07, 6.45) is 3.47. The van der Waals surface area contributed by atoms with Gasteiger partial charge in [0.2, 0.25) is 0 Å². The number of carbonyl (C=O) groups is 3. The minimum absolute atomic E-state index is 0.0143. The average Bonchev–Trinajstić information content (AvgIpc) is 2.71. The highest BCUT2D eigenvalue weighted by Crippen LogP contribution is 2.50. The molecule has 0 spiro atoms.